The van der Waals surface area contributed by atoms with Crippen molar-refractivity contribution in [1.29, 1.82) is 0 Å². The number of rotatable bonds is 3. The van der Waals surface area contributed by atoms with Gasteiger partial charge in [0, 0.05) is 10.6 Å². The number of thiophene rings is 1. The van der Waals surface area contributed by atoms with Gasteiger partial charge in [-0.25, -0.2) is 8.42 Å². The zero-order valence-corrected chi connectivity index (χ0v) is 16.0. The van der Waals surface area contributed by atoms with Crippen molar-refractivity contribution in [3.8, 4) is 0 Å². The third-order valence-electron chi connectivity index (χ3n) is 4.47. The van der Waals surface area contributed by atoms with Crippen molar-refractivity contribution < 1.29 is 8.42 Å². The van der Waals surface area contributed by atoms with E-state index < -0.39 is 10.0 Å². The molecule has 1 aliphatic carbocycles. The molecule has 0 saturated carbocycles. The van der Waals surface area contributed by atoms with Gasteiger partial charge in [-0.05, 0) is 70.3 Å². The molecule has 0 spiro atoms. The van der Waals surface area contributed by atoms with Crippen LogP contribution in [0.1, 0.15) is 27.1 Å². The molecule has 0 saturated heterocycles. The Balaban J connectivity index is 1.84. The quantitative estimate of drug-likeness (QED) is 0.708. The number of hydrogen-bond acceptors (Lipinski definition) is 3. The summed E-state index contributed by atoms with van der Waals surface area (Å²) in [6.45, 7) is 0. The smallest absolute Gasteiger partial charge is 0.229 e. The maximum Gasteiger partial charge on any atom is 0.229 e. The van der Waals surface area contributed by atoms with Gasteiger partial charge in [0.25, 0.3) is 0 Å². The maximum atomic E-state index is 11.5. The molecule has 0 atom stereocenters. The van der Waals surface area contributed by atoms with Gasteiger partial charge in [0.2, 0.25) is 10.0 Å². The summed E-state index contributed by atoms with van der Waals surface area (Å²) < 4.78 is 25.6. The molecule has 4 rings (SSSR count). The topological polar surface area (TPSA) is 46.2 Å². The summed E-state index contributed by atoms with van der Waals surface area (Å²) in [7, 11) is -3.29. The number of benzene rings is 2. The second kappa shape index (κ2) is 6.74. The van der Waals surface area contributed by atoms with Crippen LogP contribution in [0.5, 0.6) is 0 Å². The van der Waals surface area contributed by atoms with Crippen LogP contribution in [0, 0.1) is 0 Å². The van der Waals surface area contributed by atoms with E-state index in [1.165, 1.54) is 27.1 Å². The lowest BCUT2D eigenvalue weighted by Gasteiger charge is -2.11. The van der Waals surface area contributed by atoms with Crippen LogP contribution in [0.3, 0.4) is 0 Å². The molecule has 0 aliphatic heterocycles. The van der Waals surface area contributed by atoms with Crippen LogP contribution in [-0.4, -0.2) is 14.7 Å². The molecule has 26 heavy (non-hydrogen) atoms. The minimum absolute atomic E-state index is 0.578. The number of nitrogens with one attached hydrogen (secondary N) is 1. The lowest BCUT2D eigenvalue weighted by atomic mass is 9.94. The fourth-order valence-corrected chi connectivity index (χ4v) is 4.85. The average Bonchev–Trinajstić information content (AvgIpc) is 3.00. The summed E-state index contributed by atoms with van der Waals surface area (Å²) in [4.78, 5) is 1.40. The molecule has 1 aromatic heterocycles. The van der Waals surface area contributed by atoms with Crippen molar-refractivity contribution in [1.82, 2.24) is 0 Å². The van der Waals surface area contributed by atoms with Crippen LogP contribution in [0.2, 0.25) is 0 Å². The van der Waals surface area contributed by atoms with Crippen molar-refractivity contribution >= 4 is 38.7 Å². The van der Waals surface area contributed by atoms with Gasteiger partial charge in [-0.1, -0.05) is 36.4 Å². The van der Waals surface area contributed by atoms with Crippen molar-refractivity contribution in [2.45, 2.75) is 12.8 Å². The summed E-state index contributed by atoms with van der Waals surface area (Å²) in [5.74, 6) is 0. The van der Waals surface area contributed by atoms with Crippen molar-refractivity contribution in [3.63, 3.8) is 0 Å². The molecule has 3 aromatic rings. The van der Waals surface area contributed by atoms with Crippen LogP contribution < -0.4 is 4.72 Å². The Morgan fingerprint density at radius 2 is 1.85 bits per heavy atom. The van der Waals surface area contributed by atoms with Gasteiger partial charge < -0.3 is 0 Å². The van der Waals surface area contributed by atoms with Crippen LogP contribution in [0.25, 0.3) is 11.6 Å². The first-order valence-corrected chi connectivity index (χ1v) is 11.2. The normalized spacial score (nSPS) is 15.2. The van der Waals surface area contributed by atoms with E-state index in [9.17, 15) is 8.42 Å². The van der Waals surface area contributed by atoms with E-state index in [2.05, 4.69) is 46.5 Å². The lowest BCUT2D eigenvalue weighted by molar-refractivity contribution is 0.607. The molecule has 0 radical (unpaired) electrons. The van der Waals surface area contributed by atoms with Crippen LogP contribution in [0.4, 0.5) is 5.69 Å². The number of sulfonamides is 1. The minimum atomic E-state index is -3.29. The summed E-state index contributed by atoms with van der Waals surface area (Å²) in [6.07, 6.45) is 5.41. The molecule has 132 valence electrons. The average molecular weight is 382 g/mol. The Bertz CT molecular complexity index is 1090. The fraction of sp³-hybridized carbons (Fsp3) is 0.143. The molecule has 0 fully saturated rings. The molecule has 1 aliphatic rings. The van der Waals surface area contributed by atoms with Crippen molar-refractivity contribution in [2.75, 3.05) is 11.0 Å². The zero-order chi connectivity index (χ0) is 18.1. The first kappa shape index (κ1) is 17.1. The van der Waals surface area contributed by atoms with E-state index in [-0.39, 0.29) is 0 Å². The second-order valence-electron chi connectivity index (χ2n) is 6.47. The Labute approximate surface area is 158 Å². The van der Waals surface area contributed by atoms with Gasteiger partial charge in [-0.3, -0.25) is 4.72 Å². The largest absolute Gasteiger partial charge is 0.284 e. The van der Waals surface area contributed by atoms with Gasteiger partial charge in [-0.2, -0.15) is 0 Å². The summed E-state index contributed by atoms with van der Waals surface area (Å²) in [6, 6.07) is 18.2. The minimum Gasteiger partial charge on any atom is -0.284 e. The Kier molecular flexibility index (Phi) is 4.42. The molecule has 5 heteroatoms. The maximum absolute atomic E-state index is 11.5. The third-order valence-corrected chi connectivity index (χ3v) is 6.05. The highest BCUT2D eigenvalue weighted by atomic mass is 32.2. The van der Waals surface area contributed by atoms with Gasteiger partial charge >= 0.3 is 0 Å². The van der Waals surface area contributed by atoms with Gasteiger partial charge in [0.05, 0.1) is 6.26 Å². The SMILES string of the molecule is CS(=O)(=O)Nc1cccc(C=C2c3ccccc3CCc3sccc32)c1. The van der Waals surface area contributed by atoms with Gasteiger partial charge in [0.1, 0.15) is 0 Å². The van der Waals surface area contributed by atoms with E-state index in [0.717, 1.165) is 24.7 Å². The molecular weight excluding hydrogens is 362 g/mol. The van der Waals surface area contributed by atoms with Gasteiger partial charge in [-0.15, -0.1) is 11.3 Å². The van der Waals surface area contributed by atoms with Crippen LogP contribution in [0.15, 0.2) is 60.0 Å². The molecule has 0 amide bonds. The predicted molar refractivity (Wildman–Crippen MR) is 110 cm³/mol. The Morgan fingerprint density at radius 1 is 1.00 bits per heavy atom. The van der Waals surface area contributed by atoms with E-state index in [1.807, 2.05) is 18.2 Å². The number of anilines is 1. The molecule has 2 aromatic carbocycles. The highest BCUT2D eigenvalue weighted by Crippen LogP contribution is 2.37. The first-order valence-electron chi connectivity index (χ1n) is 8.44. The third kappa shape index (κ3) is 3.59. The van der Waals surface area contributed by atoms with E-state index in [1.54, 1.807) is 17.4 Å². The molecule has 1 N–H and O–H groups in total. The highest BCUT2D eigenvalue weighted by Gasteiger charge is 2.18. The first-order chi connectivity index (χ1) is 12.5. The zero-order valence-electron chi connectivity index (χ0n) is 14.4. The predicted octanol–water partition coefficient (Wildman–Crippen LogP) is 4.81. The summed E-state index contributed by atoms with van der Waals surface area (Å²) in [5.41, 5.74) is 6.64. The molecular formula is C21H19NO2S2. The highest BCUT2D eigenvalue weighted by molar-refractivity contribution is 7.92. The molecule has 1 heterocycles. The molecule has 3 nitrogen and oxygen atoms in total. The van der Waals surface area contributed by atoms with E-state index >= 15 is 0 Å². The van der Waals surface area contributed by atoms with Crippen molar-refractivity contribution in [2.24, 2.45) is 0 Å². The molecule has 0 bridgehead atoms. The number of hydrogen-bond donors (Lipinski definition) is 1. The van der Waals surface area contributed by atoms with E-state index in [4.69, 9.17) is 0 Å². The van der Waals surface area contributed by atoms with E-state index in [0.29, 0.717) is 5.69 Å². The molecule has 0 unspecified atom stereocenters. The second-order valence-corrected chi connectivity index (χ2v) is 9.22. The number of aryl methyl sites for hydroxylation is 2. The summed E-state index contributed by atoms with van der Waals surface area (Å²) >= 11 is 1.80. The van der Waals surface area contributed by atoms with Crippen LogP contribution >= 0.6 is 11.3 Å². The standard InChI is InChI=1S/C21H19NO2S2/c1-26(23,24)22-17-7-4-5-15(13-17)14-20-18-8-3-2-6-16(18)9-10-21-19(20)11-12-25-21/h2-8,11-14,22H,9-10H2,1H3. The van der Waals surface area contributed by atoms with Crippen LogP contribution in [-0.2, 0) is 22.9 Å². The number of fused-ring (bicyclic) bond motifs is 2. The Hall–Kier alpha value is -2.37. The lowest BCUT2D eigenvalue weighted by Crippen LogP contribution is -2.09. The van der Waals surface area contributed by atoms with Crippen molar-refractivity contribution in [3.05, 3.63) is 87.1 Å². The summed E-state index contributed by atoms with van der Waals surface area (Å²) in [5, 5.41) is 2.15. The fourth-order valence-electron chi connectivity index (χ4n) is 3.40. The monoisotopic (exact) mass is 381 g/mol. The van der Waals surface area contributed by atoms with Gasteiger partial charge in [0.15, 0.2) is 0 Å². The Morgan fingerprint density at radius 3 is 2.69 bits per heavy atom.